The van der Waals surface area contributed by atoms with Crippen LogP contribution in [0.4, 0.5) is 0 Å². The molecular formula is C21H25NO4. The van der Waals surface area contributed by atoms with Crippen LogP contribution in [0.25, 0.3) is 0 Å². The highest BCUT2D eigenvalue weighted by Gasteiger charge is 2.39. The van der Waals surface area contributed by atoms with Crippen LogP contribution in [0, 0.1) is 0 Å². The second-order valence-electron chi connectivity index (χ2n) is 7.00. The molecule has 138 valence electrons. The van der Waals surface area contributed by atoms with Gasteiger partial charge in [0.25, 0.3) is 0 Å². The third-order valence-electron chi connectivity index (χ3n) is 4.77. The van der Waals surface area contributed by atoms with E-state index in [0.717, 1.165) is 29.8 Å². The van der Waals surface area contributed by atoms with E-state index in [1.807, 2.05) is 45.0 Å². The molecule has 0 unspecified atom stereocenters. The molecule has 1 aliphatic carbocycles. The van der Waals surface area contributed by atoms with E-state index < -0.39 is 5.92 Å². The zero-order valence-electron chi connectivity index (χ0n) is 15.7. The molecule has 1 heterocycles. The van der Waals surface area contributed by atoms with Crippen LogP contribution in [-0.2, 0) is 14.3 Å². The van der Waals surface area contributed by atoms with Crippen molar-refractivity contribution in [1.82, 2.24) is 5.32 Å². The monoisotopic (exact) mass is 355 g/mol. The van der Waals surface area contributed by atoms with Crippen LogP contribution in [0.1, 0.15) is 51.5 Å². The first-order valence-electron chi connectivity index (χ1n) is 9.01. The second-order valence-corrected chi connectivity index (χ2v) is 7.00. The molecule has 1 aliphatic heterocycles. The number of ether oxygens (including phenoxy) is 2. The van der Waals surface area contributed by atoms with E-state index in [0.29, 0.717) is 23.3 Å². The van der Waals surface area contributed by atoms with Gasteiger partial charge in [-0.1, -0.05) is 12.1 Å². The second kappa shape index (κ2) is 7.36. The molecule has 0 fully saturated rings. The van der Waals surface area contributed by atoms with Crippen molar-refractivity contribution in [2.24, 2.45) is 0 Å². The molecule has 3 rings (SSSR count). The first kappa shape index (κ1) is 18.2. The fourth-order valence-electron chi connectivity index (χ4n) is 3.69. The van der Waals surface area contributed by atoms with Crippen molar-refractivity contribution in [3.05, 3.63) is 52.4 Å². The Morgan fingerprint density at radius 3 is 2.73 bits per heavy atom. The summed E-state index contributed by atoms with van der Waals surface area (Å²) in [5.74, 6) is -0.0299. The number of nitrogens with one attached hydrogen (secondary N) is 1. The van der Waals surface area contributed by atoms with Crippen molar-refractivity contribution >= 4 is 11.8 Å². The van der Waals surface area contributed by atoms with E-state index >= 15 is 0 Å². The lowest BCUT2D eigenvalue weighted by atomic mass is 9.75. The summed E-state index contributed by atoms with van der Waals surface area (Å²) in [7, 11) is 1.60. The molecule has 26 heavy (non-hydrogen) atoms. The number of carbonyl (C=O) groups excluding carboxylic acids is 2. The lowest BCUT2D eigenvalue weighted by molar-refractivity contribution is -0.143. The number of dihydropyridines is 1. The molecule has 0 radical (unpaired) electrons. The molecule has 0 aromatic heterocycles. The maximum Gasteiger partial charge on any atom is 0.337 e. The fraction of sp³-hybridized carbons (Fsp3) is 0.429. The van der Waals surface area contributed by atoms with Crippen molar-refractivity contribution < 1.29 is 19.1 Å². The van der Waals surface area contributed by atoms with E-state index in [-0.39, 0.29) is 17.9 Å². The summed E-state index contributed by atoms with van der Waals surface area (Å²) in [6, 6.07) is 7.55. The average Bonchev–Trinajstić information content (AvgIpc) is 2.60. The van der Waals surface area contributed by atoms with Gasteiger partial charge in [-0.05, 0) is 51.3 Å². The number of esters is 1. The lowest BCUT2D eigenvalue weighted by Crippen LogP contribution is -2.34. The van der Waals surface area contributed by atoms with Crippen molar-refractivity contribution in [2.75, 3.05) is 7.11 Å². The van der Waals surface area contributed by atoms with E-state index in [4.69, 9.17) is 9.47 Å². The van der Waals surface area contributed by atoms with Crippen LogP contribution in [0.2, 0.25) is 0 Å². The molecule has 0 saturated heterocycles. The number of hydrogen-bond acceptors (Lipinski definition) is 5. The van der Waals surface area contributed by atoms with Gasteiger partial charge in [0.15, 0.2) is 5.78 Å². The minimum absolute atomic E-state index is 0.0916. The van der Waals surface area contributed by atoms with Gasteiger partial charge in [-0.25, -0.2) is 4.79 Å². The third kappa shape index (κ3) is 3.39. The Morgan fingerprint density at radius 2 is 2.04 bits per heavy atom. The number of Topliss-reactive ketones (excluding diaryl/α,β-unsaturated/α-hetero) is 1. The summed E-state index contributed by atoms with van der Waals surface area (Å²) in [6.45, 7) is 5.51. The highest BCUT2D eigenvalue weighted by atomic mass is 16.5. The minimum Gasteiger partial charge on any atom is -0.497 e. The van der Waals surface area contributed by atoms with Crippen LogP contribution in [-0.4, -0.2) is 25.0 Å². The standard InChI is InChI=1S/C21H25NO4/c1-12(2)26-21(24)18-13(3)22-16-9-6-10-17(23)20(16)19(18)14-7-5-8-15(11-14)25-4/h5,7-8,11-12,19,22H,6,9-10H2,1-4H3/t19-/m0/s1. The molecule has 1 aromatic carbocycles. The summed E-state index contributed by atoms with van der Waals surface area (Å²) in [5.41, 5.74) is 3.72. The predicted octanol–water partition coefficient (Wildman–Crippen LogP) is 3.61. The Balaban J connectivity index is 2.15. The average molecular weight is 355 g/mol. The van der Waals surface area contributed by atoms with Gasteiger partial charge < -0.3 is 14.8 Å². The highest BCUT2D eigenvalue weighted by Crippen LogP contribution is 2.43. The molecule has 0 amide bonds. The third-order valence-corrected chi connectivity index (χ3v) is 4.77. The van der Waals surface area contributed by atoms with Crippen LogP contribution in [0.3, 0.4) is 0 Å². The maximum atomic E-state index is 12.9. The first-order valence-corrected chi connectivity index (χ1v) is 9.01. The largest absolute Gasteiger partial charge is 0.497 e. The molecule has 0 spiro atoms. The normalized spacial score (nSPS) is 20.0. The van der Waals surface area contributed by atoms with Gasteiger partial charge in [0.1, 0.15) is 5.75 Å². The number of hydrogen-bond donors (Lipinski definition) is 1. The summed E-state index contributed by atoms with van der Waals surface area (Å²) < 4.78 is 10.8. The van der Waals surface area contributed by atoms with Gasteiger partial charge in [0.2, 0.25) is 0 Å². The summed E-state index contributed by atoms with van der Waals surface area (Å²) >= 11 is 0. The summed E-state index contributed by atoms with van der Waals surface area (Å²) in [5, 5.41) is 3.29. The minimum atomic E-state index is -0.430. The molecule has 0 bridgehead atoms. The number of rotatable bonds is 4. The number of methoxy groups -OCH3 is 1. The Hall–Kier alpha value is -2.56. The number of carbonyl (C=O) groups is 2. The quantitative estimate of drug-likeness (QED) is 0.836. The predicted molar refractivity (Wildman–Crippen MR) is 98.7 cm³/mol. The van der Waals surface area contributed by atoms with Gasteiger partial charge in [0.05, 0.1) is 18.8 Å². The topological polar surface area (TPSA) is 64.6 Å². The molecule has 1 aromatic rings. The SMILES string of the molecule is COc1cccc([C@H]2C(C(=O)OC(C)C)=C(C)NC3=C2C(=O)CCC3)c1. The van der Waals surface area contributed by atoms with Gasteiger partial charge in [-0.3, -0.25) is 4.79 Å². The van der Waals surface area contributed by atoms with Crippen molar-refractivity contribution in [1.29, 1.82) is 0 Å². The molecule has 1 atom stereocenters. The molecule has 1 N–H and O–H groups in total. The Kier molecular flexibility index (Phi) is 5.16. The zero-order chi connectivity index (χ0) is 18.8. The molecule has 5 heteroatoms. The van der Waals surface area contributed by atoms with Crippen molar-refractivity contribution in [3.63, 3.8) is 0 Å². The number of allylic oxidation sites excluding steroid dienone is 3. The van der Waals surface area contributed by atoms with Crippen LogP contribution in [0.15, 0.2) is 46.8 Å². The van der Waals surface area contributed by atoms with Gasteiger partial charge in [0, 0.05) is 29.3 Å². The highest BCUT2D eigenvalue weighted by molar-refractivity contribution is 6.03. The van der Waals surface area contributed by atoms with Gasteiger partial charge in [-0.2, -0.15) is 0 Å². The number of ketones is 1. The molecular weight excluding hydrogens is 330 g/mol. The van der Waals surface area contributed by atoms with E-state index in [1.165, 1.54) is 0 Å². The molecule has 2 aliphatic rings. The Morgan fingerprint density at radius 1 is 1.27 bits per heavy atom. The van der Waals surface area contributed by atoms with Crippen LogP contribution >= 0.6 is 0 Å². The van der Waals surface area contributed by atoms with E-state index in [1.54, 1.807) is 7.11 Å². The van der Waals surface area contributed by atoms with Crippen molar-refractivity contribution in [3.8, 4) is 5.75 Å². The maximum absolute atomic E-state index is 12.9. The lowest BCUT2D eigenvalue weighted by Gasteiger charge is -2.34. The Bertz CT molecular complexity index is 804. The van der Waals surface area contributed by atoms with Crippen LogP contribution < -0.4 is 10.1 Å². The first-order chi connectivity index (χ1) is 12.4. The fourth-order valence-corrected chi connectivity index (χ4v) is 3.69. The van der Waals surface area contributed by atoms with E-state index in [2.05, 4.69) is 5.32 Å². The Labute approximate surface area is 154 Å². The van der Waals surface area contributed by atoms with Crippen molar-refractivity contribution in [2.45, 2.75) is 52.1 Å². The molecule has 5 nitrogen and oxygen atoms in total. The van der Waals surface area contributed by atoms with Gasteiger partial charge in [-0.15, -0.1) is 0 Å². The summed E-state index contributed by atoms with van der Waals surface area (Å²) in [6.07, 6.45) is 1.91. The zero-order valence-corrected chi connectivity index (χ0v) is 15.7. The smallest absolute Gasteiger partial charge is 0.337 e. The molecule has 0 saturated carbocycles. The van der Waals surface area contributed by atoms with E-state index in [9.17, 15) is 9.59 Å². The van der Waals surface area contributed by atoms with Gasteiger partial charge >= 0.3 is 5.97 Å². The number of benzene rings is 1. The summed E-state index contributed by atoms with van der Waals surface area (Å²) in [4.78, 5) is 25.6. The van der Waals surface area contributed by atoms with Crippen LogP contribution in [0.5, 0.6) is 5.75 Å².